The molecule has 1 saturated carbocycles. The zero-order valence-electron chi connectivity index (χ0n) is 12.0. The molecule has 1 aliphatic carbocycles. The van der Waals surface area contributed by atoms with E-state index >= 15 is 0 Å². The van der Waals surface area contributed by atoms with Crippen molar-refractivity contribution in [2.24, 2.45) is 5.92 Å². The van der Waals surface area contributed by atoms with Crippen LogP contribution in [0.5, 0.6) is 0 Å². The van der Waals surface area contributed by atoms with Gasteiger partial charge >= 0.3 is 11.9 Å². The highest BCUT2D eigenvalue weighted by molar-refractivity contribution is 5.68. The number of rotatable bonds is 3. The first-order valence-electron chi connectivity index (χ1n) is 6.37. The van der Waals surface area contributed by atoms with Gasteiger partial charge in [-0.25, -0.2) is 11.0 Å². The van der Waals surface area contributed by atoms with Gasteiger partial charge in [-0.1, -0.05) is 13.8 Å². The fourth-order valence-corrected chi connectivity index (χ4v) is 2.81. The van der Waals surface area contributed by atoms with E-state index in [1.165, 1.54) is 13.8 Å². The standard InChI is InChI=1S/C14H18FNO4/c1-6-14(16-5)8(2)12(19-9(3)17)13(11(14)7-15)20-10(4)18/h7-8,12-13H,6H2,1-4H3/b11-7-/t8-,12+,13-,14-/m0/s1. The molecule has 0 spiro atoms. The molecule has 0 bridgehead atoms. The minimum Gasteiger partial charge on any atom is -0.458 e. The van der Waals surface area contributed by atoms with Crippen molar-refractivity contribution in [3.8, 4) is 0 Å². The second-order valence-corrected chi connectivity index (χ2v) is 4.85. The normalized spacial score (nSPS) is 34.6. The van der Waals surface area contributed by atoms with Gasteiger partial charge in [-0.05, 0) is 0 Å². The highest BCUT2D eigenvalue weighted by atomic mass is 19.1. The molecule has 20 heavy (non-hydrogen) atoms. The number of nitrogens with zero attached hydrogens (tertiary/aromatic N) is 1. The van der Waals surface area contributed by atoms with Crippen LogP contribution >= 0.6 is 0 Å². The maximum Gasteiger partial charge on any atom is 0.303 e. The number of halogens is 1. The Morgan fingerprint density at radius 1 is 1.40 bits per heavy atom. The second-order valence-electron chi connectivity index (χ2n) is 4.85. The lowest BCUT2D eigenvalue weighted by Crippen LogP contribution is -2.35. The maximum absolute atomic E-state index is 13.3. The maximum atomic E-state index is 13.3. The first-order valence-corrected chi connectivity index (χ1v) is 6.37. The summed E-state index contributed by atoms with van der Waals surface area (Å²) in [7, 11) is 0. The van der Waals surface area contributed by atoms with E-state index in [0.29, 0.717) is 12.8 Å². The number of hydrogen-bond acceptors (Lipinski definition) is 4. The Morgan fingerprint density at radius 2 is 1.95 bits per heavy atom. The SMILES string of the molecule is [C-]#[N+][C@]1(CC)/C(=C\F)[C@H](OC(C)=O)[C@H](OC(C)=O)[C@@H]1C. The molecule has 4 atom stereocenters. The predicted molar refractivity (Wildman–Crippen MR) is 69.1 cm³/mol. The quantitative estimate of drug-likeness (QED) is 0.589. The molecule has 1 rings (SSSR count). The Labute approximate surface area is 117 Å². The number of ether oxygens (including phenoxy) is 2. The first kappa shape index (κ1) is 16.2. The largest absolute Gasteiger partial charge is 0.458 e. The Kier molecular flexibility index (Phi) is 4.88. The van der Waals surface area contributed by atoms with Gasteiger partial charge in [-0.15, -0.1) is 0 Å². The van der Waals surface area contributed by atoms with E-state index in [4.69, 9.17) is 16.0 Å². The smallest absolute Gasteiger partial charge is 0.303 e. The monoisotopic (exact) mass is 283 g/mol. The summed E-state index contributed by atoms with van der Waals surface area (Å²) in [5.41, 5.74) is -1.10. The molecule has 0 saturated heterocycles. The molecule has 0 aromatic heterocycles. The van der Waals surface area contributed by atoms with Gasteiger partial charge in [0.2, 0.25) is 0 Å². The molecule has 1 aliphatic rings. The van der Waals surface area contributed by atoms with Gasteiger partial charge in [0.05, 0.1) is 17.8 Å². The number of carbonyl (C=O) groups is 2. The lowest BCUT2D eigenvalue weighted by Gasteiger charge is -2.22. The zero-order valence-corrected chi connectivity index (χ0v) is 12.0. The first-order chi connectivity index (χ1) is 9.33. The van der Waals surface area contributed by atoms with E-state index in [0.717, 1.165) is 0 Å². The summed E-state index contributed by atoms with van der Waals surface area (Å²) >= 11 is 0. The van der Waals surface area contributed by atoms with Gasteiger partial charge in [0.1, 0.15) is 0 Å². The van der Waals surface area contributed by atoms with Crippen LogP contribution in [0.25, 0.3) is 4.85 Å². The molecule has 0 amide bonds. The molecule has 0 unspecified atom stereocenters. The van der Waals surface area contributed by atoms with Crippen LogP contribution in [0.15, 0.2) is 11.9 Å². The van der Waals surface area contributed by atoms with Gasteiger partial charge in [-0.2, -0.15) is 0 Å². The molecule has 0 heterocycles. The van der Waals surface area contributed by atoms with E-state index in [2.05, 4.69) is 4.85 Å². The van der Waals surface area contributed by atoms with Crippen molar-refractivity contribution in [3.63, 3.8) is 0 Å². The van der Waals surface area contributed by atoms with Gasteiger partial charge < -0.3 is 14.3 Å². The third-order valence-corrected chi connectivity index (χ3v) is 3.80. The van der Waals surface area contributed by atoms with Gasteiger partial charge in [0.15, 0.2) is 12.2 Å². The van der Waals surface area contributed by atoms with Crippen LogP contribution in [0.4, 0.5) is 4.39 Å². The van der Waals surface area contributed by atoms with Crippen LogP contribution in [0.1, 0.15) is 34.1 Å². The third kappa shape index (κ3) is 2.53. The summed E-state index contributed by atoms with van der Waals surface area (Å²) in [6.45, 7) is 13.3. The van der Waals surface area contributed by atoms with Crippen molar-refractivity contribution < 1.29 is 23.5 Å². The topological polar surface area (TPSA) is 57.0 Å². The van der Waals surface area contributed by atoms with Crippen molar-refractivity contribution in [1.29, 1.82) is 0 Å². The Morgan fingerprint density at radius 3 is 2.30 bits per heavy atom. The minimum absolute atomic E-state index is 0.0592. The van der Waals surface area contributed by atoms with Crippen LogP contribution in [-0.4, -0.2) is 29.7 Å². The number of esters is 2. The summed E-state index contributed by atoms with van der Waals surface area (Å²) in [5.74, 6) is -1.65. The molecular formula is C14H18FNO4. The van der Waals surface area contributed by atoms with E-state index in [1.807, 2.05) is 0 Å². The Hall–Kier alpha value is -1.90. The van der Waals surface area contributed by atoms with E-state index in [1.54, 1.807) is 13.8 Å². The van der Waals surface area contributed by atoms with Crippen molar-refractivity contribution in [2.75, 3.05) is 0 Å². The zero-order chi connectivity index (χ0) is 15.5. The minimum atomic E-state index is -1.16. The number of hydrogen-bond donors (Lipinski definition) is 0. The van der Waals surface area contributed by atoms with Crippen LogP contribution in [0.2, 0.25) is 0 Å². The molecule has 0 N–H and O–H groups in total. The summed E-state index contributed by atoms with van der Waals surface area (Å²) in [5, 5.41) is 0. The third-order valence-electron chi connectivity index (χ3n) is 3.80. The van der Waals surface area contributed by atoms with E-state index < -0.39 is 35.6 Å². The molecule has 1 fully saturated rings. The summed E-state index contributed by atoms with van der Waals surface area (Å²) < 4.78 is 23.6. The molecule has 0 aliphatic heterocycles. The molecule has 110 valence electrons. The van der Waals surface area contributed by atoms with E-state index in [9.17, 15) is 14.0 Å². The van der Waals surface area contributed by atoms with Gasteiger partial charge in [0.25, 0.3) is 5.54 Å². The molecule has 6 heteroatoms. The highest BCUT2D eigenvalue weighted by Gasteiger charge is 2.63. The summed E-state index contributed by atoms with van der Waals surface area (Å²) in [6.07, 6.45) is -1.27. The van der Waals surface area contributed by atoms with Crippen molar-refractivity contribution >= 4 is 11.9 Å². The van der Waals surface area contributed by atoms with Gasteiger partial charge in [-0.3, -0.25) is 9.59 Å². The Balaban J connectivity index is 3.32. The molecule has 0 aromatic carbocycles. The van der Waals surface area contributed by atoms with Crippen molar-refractivity contribution in [2.45, 2.75) is 51.9 Å². The lowest BCUT2D eigenvalue weighted by molar-refractivity contribution is -0.162. The van der Waals surface area contributed by atoms with Crippen LogP contribution < -0.4 is 0 Å². The second kappa shape index (κ2) is 6.04. The predicted octanol–water partition coefficient (Wildman–Crippen LogP) is 2.42. The molecular weight excluding hydrogens is 265 g/mol. The van der Waals surface area contributed by atoms with Crippen LogP contribution in [-0.2, 0) is 19.1 Å². The number of carbonyl (C=O) groups excluding carboxylic acids is 2. The average molecular weight is 283 g/mol. The fourth-order valence-electron chi connectivity index (χ4n) is 2.81. The lowest BCUT2D eigenvalue weighted by atomic mass is 9.83. The van der Waals surface area contributed by atoms with Crippen molar-refractivity contribution in [1.82, 2.24) is 0 Å². The molecule has 0 aromatic rings. The summed E-state index contributed by atoms with van der Waals surface area (Å²) in [6, 6.07) is 0. The highest BCUT2D eigenvalue weighted by Crippen LogP contribution is 2.48. The average Bonchev–Trinajstić information content (AvgIpc) is 2.59. The molecule has 0 radical (unpaired) electrons. The van der Waals surface area contributed by atoms with E-state index in [-0.39, 0.29) is 5.57 Å². The molecule has 5 nitrogen and oxygen atoms in total. The fraction of sp³-hybridized carbons (Fsp3) is 0.643. The summed E-state index contributed by atoms with van der Waals surface area (Å²) in [4.78, 5) is 25.9. The Bertz CT molecular complexity index is 482. The van der Waals surface area contributed by atoms with Crippen molar-refractivity contribution in [3.05, 3.63) is 23.3 Å². The van der Waals surface area contributed by atoms with Gasteiger partial charge in [0, 0.05) is 20.3 Å². The van der Waals surface area contributed by atoms with Crippen LogP contribution in [0, 0.1) is 12.5 Å². The van der Waals surface area contributed by atoms with Crippen LogP contribution in [0.3, 0.4) is 0 Å².